The standard InChI is InChI=1S/C16H23N3O2/c1-11(2)21-13-5-6-14-12(9-13)7-8-19(14)10-16(3,4)15(20)18-17/h5-9,11H,10,17H2,1-4H3,(H,18,20). The number of carbonyl (C=O) groups is 1. The Hall–Kier alpha value is -2.01. The summed E-state index contributed by atoms with van der Waals surface area (Å²) < 4.78 is 7.76. The van der Waals surface area contributed by atoms with Crippen LogP contribution in [0.25, 0.3) is 10.9 Å². The maximum atomic E-state index is 11.8. The van der Waals surface area contributed by atoms with E-state index in [9.17, 15) is 4.79 Å². The van der Waals surface area contributed by atoms with Gasteiger partial charge in [0.15, 0.2) is 0 Å². The fraction of sp³-hybridized carbons (Fsp3) is 0.438. The number of nitrogens with one attached hydrogen (secondary N) is 1. The summed E-state index contributed by atoms with van der Waals surface area (Å²) in [5.74, 6) is 5.92. The van der Waals surface area contributed by atoms with Crippen LogP contribution < -0.4 is 16.0 Å². The lowest BCUT2D eigenvalue weighted by Crippen LogP contribution is -2.43. The van der Waals surface area contributed by atoms with Crippen molar-refractivity contribution in [1.82, 2.24) is 9.99 Å². The van der Waals surface area contributed by atoms with E-state index >= 15 is 0 Å². The predicted molar refractivity (Wildman–Crippen MR) is 83.8 cm³/mol. The number of nitrogens with two attached hydrogens (primary N) is 1. The van der Waals surface area contributed by atoms with Crippen LogP contribution in [0.4, 0.5) is 0 Å². The minimum atomic E-state index is -0.576. The molecule has 2 rings (SSSR count). The van der Waals surface area contributed by atoms with Crippen LogP contribution in [0.15, 0.2) is 30.5 Å². The normalized spacial score (nSPS) is 11.9. The molecule has 1 aromatic heterocycles. The van der Waals surface area contributed by atoms with Crippen LogP contribution in [0.1, 0.15) is 27.7 Å². The van der Waals surface area contributed by atoms with Crippen molar-refractivity contribution in [3.8, 4) is 5.75 Å². The topological polar surface area (TPSA) is 69.3 Å². The summed E-state index contributed by atoms with van der Waals surface area (Å²) in [6, 6.07) is 8.01. The number of rotatable bonds is 5. The third-order valence-corrected chi connectivity index (χ3v) is 3.43. The van der Waals surface area contributed by atoms with Gasteiger partial charge in [0.05, 0.1) is 11.5 Å². The first-order valence-electron chi connectivity index (χ1n) is 7.10. The molecule has 1 aromatic carbocycles. The number of amides is 1. The van der Waals surface area contributed by atoms with Gasteiger partial charge < -0.3 is 9.30 Å². The number of benzene rings is 1. The van der Waals surface area contributed by atoms with Crippen molar-refractivity contribution < 1.29 is 9.53 Å². The first-order valence-corrected chi connectivity index (χ1v) is 7.10. The SMILES string of the molecule is CC(C)Oc1ccc2c(ccn2CC(C)(C)C(=O)NN)c1. The lowest BCUT2D eigenvalue weighted by molar-refractivity contribution is -0.130. The second-order valence-electron chi connectivity index (χ2n) is 6.19. The Labute approximate surface area is 125 Å². The molecule has 1 heterocycles. The third kappa shape index (κ3) is 3.36. The molecule has 0 fully saturated rings. The molecule has 2 aromatic rings. The Kier molecular flexibility index (Phi) is 4.23. The number of aromatic nitrogens is 1. The van der Waals surface area contributed by atoms with Gasteiger partial charge in [-0.2, -0.15) is 0 Å². The Morgan fingerprint density at radius 3 is 2.71 bits per heavy atom. The van der Waals surface area contributed by atoms with Crippen LogP contribution in [0.2, 0.25) is 0 Å². The van der Waals surface area contributed by atoms with Gasteiger partial charge in [0.2, 0.25) is 5.91 Å². The number of hydrogen-bond acceptors (Lipinski definition) is 3. The van der Waals surface area contributed by atoms with E-state index in [0.29, 0.717) is 6.54 Å². The van der Waals surface area contributed by atoms with Gasteiger partial charge >= 0.3 is 0 Å². The number of nitrogens with zero attached hydrogens (tertiary/aromatic N) is 1. The summed E-state index contributed by atoms with van der Waals surface area (Å²) in [5.41, 5.74) is 2.72. The molecule has 1 amide bonds. The second kappa shape index (κ2) is 5.77. The minimum Gasteiger partial charge on any atom is -0.491 e. The van der Waals surface area contributed by atoms with Crippen LogP contribution >= 0.6 is 0 Å². The fourth-order valence-electron chi connectivity index (χ4n) is 2.35. The maximum Gasteiger partial charge on any atom is 0.241 e. The van der Waals surface area contributed by atoms with E-state index < -0.39 is 5.41 Å². The quantitative estimate of drug-likeness (QED) is 0.504. The summed E-state index contributed by atoms with van der Waals surface area (Å²) in [5, 5.41) is 1.09. The molecule has 5 heteroatoms. The van der Waals surface area contributed by atoms with Crippen LogP contribution in [0, 0.1) is 5.41 Å². The lowest BCUT2D eigenvalue weighted by atomic mass is 9.92. The molecule has 0 aliphatic rings. The highest BCUT2D eigenvalue weighted by Crippen LogP contribution is 2.26. The summed E-state index contributed by atoms with van der Waals surface area (Å²) >= 11 is 0. The van der Waals surface area contributed by atoms with Crippen LogP contribution in [-0.2, 0) is 11.3 Å². The number of hydrazine groups is 1. The average molecular weight is 289 g/mol. The van der Waals surface area contributed by atoms with E-state index in [4.69, 9.17) is 10.6 Å². The first kappa shape index (κ1) is 15.4. The Morgan fingerprint density at radius 1 is 1.38 bits per heavy atom. The highest BCUT2D eigenvalue weighted by Gasteiger charge is 2.27. The van der Waals surface area contributed by atoms with Crippen molar-refractivity contribution in [1.29, 1.82) is 0 Å². The molecule has 114 valence electrons. The Morgan fingerprint density at radius 2 is 2.10 bits per heavy atom. The van der Waals surface area contributed by atoms with Crippen molar-refractivity contribution in [2.24, 2.45) is 11.3 Å². The van der Waals surface area contributed by atoms with Gasteiger partial charge in [0, 0.05) is 23.6 Å². The van der Waals surface area contributed by atoms with Crippen molar-refractivity contribution in [2.75, 3.05) is 0 Å². The van der Waals surface area contributed by atoms with Crippen molar-refractivity contribution in [2.45, 2.75) is 40.3 Å². The zero-order valence-electron chi connectivity index (χ0n) is 13.0. The molecule has 21 heavy (non-hydrogen) atoms. The average Bonchev–Trinajstić information content (AvgIpc) is 2.79. The summed E-state index contributed by atoms with van der Waals surface area (Å²) in [6.45, 7) is 8.31. The van der Waals surface area contributed by atoms with Crippen molar-refractivity contribution >= 4 is 16.8 Å². The van der Waals surface area contributed by atoms with E-state index in [0.717, 1.165) is 16.7 Å². The molecule has 0 saturated carbocycles. The van der Waals surface area contributed by atoms with Crippen LogP contribution in [-0.4, -0.2) is 16.6 Å². The van der Waals surface area contributed by atoms with Crippen molar-refractivity contribution in [3.63, 3.8) is 0 Å². The van der Waals surface area contributed by atoms with Gasteiger partial charge in [-0.25, -0.2) is 5.84 Å². The Bertz CT molecular complexity index is 644. The molecule has 0 radical (unpaired) electrons. The van der Waals surface area contributed by atoms with Crippen LogP contribution in [0.5, 0.6) is 5.75 Å². The molecular weight excluding hydrogens is 266 g/mol. The summed E-state index contributed by atoms with van der Waals surface area (Å²) in [4.78, 5) is 11.8. The van der Waals surface area contributed by atoms with E-state index in [1.165, 1.54) is 0 Å². The number of hydrogen-bond donors (Lipinski definition) is 2. The van der Waals surface area contributed by atoms with Gasteiger partial charge in [0.1, 0.15) is 5.75 Å². The number of carbonyl (C=O) groups excluding carboxylic acids is 1. The third-order valence-electron chi connectivity index (χ3n) is 3.43. The Balaban J connectivity index is 2.28. The maximum absolute atomic E-state index is 11.8. The highest BCUT2D eigenvalue weighted by molar-refractivity contribution is 5.83. The van der Waals surface area contributed by atoms with E-state index in [-0.39, 0.29) is 12.0 Å². The van der Waals surface area contributed by atoms with E-state index in [2.05, 4.69) is 9.99 Å². The van der Waals surface area contributed by atoms with Gasteiger partial charge in [-0.05, 0) is 52.0 Å². The van der Waals surface area contributed by atoms with Crippen LogP contribution in [0.3, 0.4) is 0 Å². The minimum absolute atomic E-state index is 0.150. The molecule has 0 bridgehead atoms. The predicted octanol–water partition coefficient (Wildman–Crippen LogP) is 2.44. The fourth-order valence-corrected chi connectivity index (χ4v) is 2.35. The first-order chi connectivity index (χ1) is 9.83. The number of fused-ring (bicyclic) bond motifs is 1. The van der Waals surface area contributed by atoms with Crippen molar-refractivity contribution in [3.05, 3.63) is 30.5 Å². The van der Waals surface area contributed by atoms with E-state index in [1.807, 2.05) is 58.2 Å². The highest BCUT2D eigenvalue weighted by atomic mass is 16.5. The summed E-state index contributed by atoms with van der Waals surface area (Å²) in [7, 11) is 0. The molecule has 0 aliphatic carbocycles. The summed E-state index contributed by atoms with van der Waals surface area (Å²) in [6.07, 6.45) is 2.13. The van der Waals surface area contributed by atoms with Gasteiger partial charge in [0.25, 0.3) is 0 Å². The second-order valence-corrected chi connectivity index (χ2v) is 6.19. The zero-order chi connectivity index (χ0) is 15.6. The molecular formula is C16H23N3O2. The van der Waals surface area contributed by atoms with E-state index in [1.54, 1.807) is 0 Å². The zero-order valence-corrected chi connectivity index (χ0v) is 13.0. The van der Waals surface area contributed by atoms with Gasteiger partial charge in [-0.1, -0.05) is 0 Å². The molecule has 0 spiro atoms. The van der Waals surface area contributed by atoms with Gasteiger partial charge in [-0.15, -0.1) is 0 Å². The van der Waals surface area contributed by atoms with Gasteiger partial charge in [-0.3, -0.25) is 10.2 Å². The molecule has 3 N–H and O–H groups in total. The molecule has 0 aliphatic heterocycles. The molecule has 0 unspecified atom stereocenters. The molecule has 0 atom stereocenters. The number of ether oxygens (including phenoxy) is 1. The largest absolute Gasteiger partial charge is 0.491 e. The molecule has 0 saturated heterocycles. The smallest absolute Gasteiger partial charge is 0.241 e. The lowest BCUT2D eigenvalue weighted by Gasteiger charge is -2.23. The molecule has 5 nitrogen and oxygen atoms in total. The monoisotopic (exact) mass is 289 g/mol.